The summed E-state index contributed by atoms with van der Waals surface area (Å²) in [6.45, 7) is 3.87. The Morgan fingerprint density at radius 2 is 1.92 bits per heavy atom. The fourth-order valence-corrected chi connectivity index (χ4v) is 3.57. The molecule has 1 amide bonds. The normalized spacial score (nSPS) is 19.4. The summed E-state index contributed by atoms with van der Waals surface area (Å²) in [4.78, 5) is 37.4. The van der Waals surface area contributed by atoms with Crippen molar-refractivity contribution in [1.29, 1.82) is 0 Å². The van der Waals surface area contributed by atoms with Gasteiger partial charge in [-0.1, -0.05) is 37.3 Å². The number of hydrogen-bond donors (Lipinski definition) is 1. The first kappa shape index (κ1) is 19.2. The summed E-state index contributed by atoms with van der Waals surface area (Å²) < 4.78 is 0. The summed E-state index contributed by atoms with van der Waals surface area (Å²) in [5.74, 6) is -1.51. The monoisotopic (exact) mass is 345 g/mol. The number of aryl methyl sites for hydroxylation is 1. The number of hydrogen-bond acceptors (Lipinski definition) is 3. The smallest absolute Gasteiger partial charge is 0.326 e. The first-order valence-electron chi connectivity index (χ1n) is 8.97. The van der Waals surface area contributed by atoms with Crippen LogP contribution in [0, 0.1) is 11.8 Å². The fourth-order valence-electron chi connectivity index (χ4n) is 3.57. The number of carbonyl (C=O) groups excluding carboxylic acids is 2. The van der Waals surface area contributed by atoms with E-state index in [1.54, 1.807) is 13.8 Å². The molecule has 0 bridgehead atoms. The lowest BCUT2D eigenvalue weighted by Crippen LogP contribution is -2.43. The van der Waals surface area contributed by atoms with Gasteiger partial charge in [0.25, 0.3) is 0 Å². The molecule has 1 N–H and O–H groups in total. The molecule has 1 aromatic carbocycles. The number of benzene rings is 1. The van der Waals surface area contributed by atoms with Gasteiger partial charge in [0.05, 0.1) is 0 Å². The van der Waals surface area contributed by atoms with E-state index in [2.05, 4.69) is 0 Å². The van der Waals surface area contributed by atoms with E-state index in [1.807, 2.05) is 30.3 Å². The first-order valence-corrected chi connectivity index (χ1v) is 8.97. The van der Waals surface area contributed by atoms with E-state index in [9.17, 15) is 19.5 Å². The predicted molar refractivity (Wildman–Crippen MR) is 95.1 cm³/mol. The summed E-state index contributed by atoms with van der Waals surface area (Å²) in [6, 6.07) is 9.27. The molecule has 1 heterocycles. The fraction of sp³-hybridized carbons (Fsp3) is 0.550. The summed E-state index contributed by atoms with van der Waals surface area (Å²) in [5, 5.41) is 9.25. The third kappa shape index (κ3) is 5.15. The largest absolute Gasteiger partial charge is 0.480 e. The van der Waals surface area contributed by atoms with Crippen molar-refractivity contribution in [3.05, 3.63) is 35.9 Å². The number of carboxylic acids is 1. The molecule has 0 radical (unpaired) electrons. The SMILES string of the molecule is CC(=O)[C@H](CCc1ccccc1)C[C@@H](C)C(=O)N1CCC[C@H]1C(=O)O. The van der Waals surface area contributed by atoms with E-state index >= 15 is 0 Å². The topological polar surface area (TPSA) is 74.7 Å². The quantitative estimate of drug-likeness (QED) is 0.786. The minimum Gasteiger partial charge on any atom is -0.480 e. The second-order valence-corrected chi connectivity index (χ2v) is 7.00. The van der Waals surface area contributed by atoms with E-state index < -0.39 is 12.0 Å². The van der Waals surface area contributed by atoms with Crippen molar-refractivity contribution in [2.24, 2.45) is 11.8 Å². The molecule has 0 spiro atoms. The van der Waals surface area contributed by atoms with Crippen LogP contribution in [0.5, 0.6) is 0 Å². The van der Waals surface area contributed by atoms with Gasteiger partial charge in [0.2, 0.25) is 5.91 Å². The maximum Gasteiger partial charge on any atom is 0.326 e. The lowest BCUT2D eigenvalue weighted by atomic mass is 9.87. The van der Waals surface area contributed by atoms with Crippen molar-refractivity contribution in [3.8, 4) is 0 Å². The van der Waals surface area contributed by atoms with E-state index in [0.29, 0.717) is 25.8 Å². The van der Waals surface area contributed by atoms with Crippen LogP contribution in [0.15, 0.2) is 30.3 Å². The zero-order chi connectivity index (χ0) is 18.4. The first-order chi connectivity index (χ1) is 11.9. The van der Waals surface area contributed by atoms with Gasteiger partial charge in [-0.15, -0.1) is 0 Å². The minimum absolute atomic E-state index is 0.0896. The highest BCUT2D eigenvalue weighted by Crippen LogP contribution is 2.25. The van der Waals surface area contributed by atoms with Crippen LogP contribution in [0.4, 0.5) is 0 Å². The van der Waals surface area contributed by atoms with Crippen molar-refractivity contribution >= 4 is 17.7 Å². The second-order valence-electron chi connectivity index (χ2n) is 7.00. The summed E-state index contributed by atoms with van der Waals surface area (Å²) >= 11 is 0. The van der Waals surface area contributed by atoms with Gasteiger partial charge in [0.1, 0.15) is 11.8 Å². The lowest BCUT2D eigenvalue weighted by molar-refractivity contribution is -0.150. The highest BCUT2D eigenvalue weighted by Gasteiger charge is 2.36. The molecule has 0 aromatic heterocycles. The molecule has 1 fully saturated rings. The molecule has 1 aromatic rings. The van der Waals surface area contributed by atoms with Gasteiger partial charge >= 0.3 is 5.97 Å². The number of likely N-dealkylation sites (tertiary alicyclic amines) is 1. The Morgan fingerprint density at radius 3 is 2.52 bits per heavy atom. The molecule has 1 aliphatic rings. The van der Waals surface area contributed by atoms with Crippen molar-refractivity contribution in [2.75, 3.05) is 6.54 Å². The Hall–Kier alpha value is -2.17. The average molecular weight is 345 g/mol. The van der Waals surface area contributed by atoms with Crippen LogP contribution in [0.3, 0.4) is 0 Å². The second kappa shape index (κ2) is 8.79. The lowest BCUT2D eigenvalue weighted by Gasteiger charge is -2.26. The van der Waals surface area contributed by atoms with Crippen LogP contribution in [0.25, 0.3) is 0 Å². The molecular formula is C20H27NO4. The Kier molecular flexibility index (Phi) is 6.73. The summed E-state index contributed by atoms with van der Waals surface area (Å²) in [7, 11) is 0. The number of amides is 1. The van der Waals surface area contributed by atoms with Crippen LogP contribution in [0.1, 0.15) is 45.1 Å². The predicted octanol–water partition coefficient (Wildman–Crippen LogP) is 2.93. The van der Waals surface area contributed by atoms with Gasteiger partial charge in [-0.3, -0.25) is 9.59 Å². The van der Waals surface area contributed by atoms with Crippen LogP contribution in [0.2, 0.25) is 0 Å². The molecule has 0 unspecified atom stereocenters. The maximum absolute atomic E-state index is 12.6. The average Bonchev–Trinajstić information content (AvgIpc) is 3.08. The van der Waals surface area contributed by atoms with E-state index in [0.717, 1.165) is 12.8 Å². The molecule has 0 saturated carbocycles. The van der Waals surface area contributed by atoms with Gasteiger partial charge in [0, 0.05) is 18.4 Å². The number of rotatable bonds is 8. The zero-order valence-electron chi connectivity index (χ0n) is 15.0. The highest BCUT2D eigenvalue weighted by molar-refractivity contribution is 5.86. The van der Waals surface area contributed by atoms with Gasteiger partial charge in [-0.25, -0.2) is 4.79 Å². The van der Waals surface area contributed by atoms with Gasteiger partial charge in [-0.05, 0) is 44.6 Å². The molecule has 1 saturated heterocycles. The number of ketones is 1. The molecule has 5 heteroatoms. The third-order valence-electron chi connectivity index (χ3n) is 5.08. The van der Waals surface area contributed by atoms with Crippen LogP contribution in [-0.2, 0) is 20.8 Å². The van der Waals surface area contributed by atoms with Crippen LogP contribution >= 0.6 is 0 Å². The molecule has 3 atom stereocenters. The van der Waals surface area contributed by atoms with E-state index in [1.165, 1.54) is 10.5 Å². The Labute approximate surface area is 149 Å². The van der Waals surface area contributed by atoms with Crippen molar-refractivity contribution in [2.45, 2.75) is 52.0 Å². The molecule has 25 heavy (non-hydrogen) atoms. The van der Waals surface area contributed by atoms with Gasteiger partial charge < -0.3 is 10.0 Å². The van der Waals surface area contributed by atoms with E-state index in [-0.39, 0.29) is 23.5 Å². The van der Waals surface area contributed by atoms with Crippen LogP contribution in [-0.4, -0.2) is 40.3 Å². The molecule has 0 aliphatic carbocycles. The number of carbonyl (C=O) groups is 3. The summed E-state index contributed by atoms with van der Waals surface area (Å²) in [6.07, 6.45) is 3.22. The van der Waals surface area contributed by atoms with Crippen molar-refractivity contribution in [1.82, 2.24) is 4.90 Å². The van der Waals surface area contributed by atoms with Crippen molar-refractivity contribution in [3.63, 3.8) is 0 Å². The standard InChI is InChI=1S/C20H27NO4/c1-14(19(23)21-12-6-9-18(21)20(24)25)13-17(15(2)22)11-10-16-7-4-3-5-8-16/h3-5,7-8,14,17-18H,6,9-13H2,1-2H3,(H,24,25)/t14-,17-,18+/m1/s1. The number of nitrogens with zero attached hydrogens (tertiary/aromatic N) is 1. The highest BCUT2D eigenvalue weighted by atomic mass is 16.4. The zero-order valence-corrected chi connectivity index (χ0v) is 15.0. The maximum atomic E-state index is 12.6. The Morgan fingerprint density at radius 1 is 1.24 bits per heavy atom. The molecule has 136 valence electrons. The third-order valence-corrected chi connectivity index (χ3v) is 5.08. The number of Topliss-reactive ketones (excluding diaryl/α,β-unsaturated/α-hetero) is 1. The minimum atomic E-state index is -0.940. The molecule has 1 aliphatic heterocycles. The molecule has 5 nitrogen and oxygen atoms in total. The summed E-state index contributed by atoms with van der Waals surface area (Å²) in [5.41, 5.74) is 1.18. The number of aliphatic carboxylic acids is 1. The van der Waals surface area contributed by atoms with E-state index in [4.69, 9.17) is 0 Å². The Bertz CT molecular complexity index is 613. The number of carboxylic acid groups (broad SMARTS) is 1. The van der Waals surface area contributed by atoms with Gasteiger partial charge in [0.15, 0.2) is 0 Å². The van der Waals surface area contributed by atoms with Crippen molar-refractivity contribution < 1.29 is 19.5 Å². The molecule has 2 rings (SSSR count). The Balaban J connectivity index is 1.95. The van der Waals surface area contributed by atoms with Gasteiger partial charge in [-0.2, -0.15) is 0 Å². The molecular weight excluding hydrogens is 318 g/mol. The van der Waals surface area contributed by atoms with Crippen LogP contribution < -0.4 is 0 Å².